The maximum absolute atomic E-state index is 11.8. The van der Waals surface area contributed by atoms with Crippen molar-refractivity contribution < 1.29 is 23.6 Å². The molecule has 2 heterocycles. The maximum atomic E-state index is 11.8. The van der Waals surface area contributed by atoms with Gasteiger partial charge in [-0.15, -0.1) is 0 Å². The van der Waals surface area contributed by atoms with Crippen molar-refractivity contribution >= 4 is 44.0 Å². The molecule has 0 aliphatic carbocycles. The number of hydrogen-bond acceptors (Lipinski definition) is 4. The number of rotatable bonds is 6. The third kappa shape index (κ3) is 4.47. The minimum absolute atomic E-state index is 0.0282. The monoisotopic (exact) mass is 599 g/mol. The summed E-state index contributed by atoms with van der Waals surface area (Å²) in [5, 5.41) is 0.663. The zero-order chi connectivity index (χ0) is 20.3. The minimum atomic E-state index is -1.32. The first-order valence-corrected chi connectivity index (χ1v) is 11.9. The standard InChI is InChI=1S/C19H13Cl2N4OS.W/c1-11(20)15(12(2)21)18-24-16(13-7-5-4-6-8-13)17(25-18)14-9-10-22-19(23-14)27(3)26;/h1-2,4-10H,3H3,(H,24,25);/q-1;/b15-11-;. The Morgan fingerprint density at radius 1 is 1.21 bits per heavy atom. The summed E-state index contributed by atoms with van der Waals surface area (Å²) in [5.74, 6) is 0.418. The Hall–Kier alpha value is -1.72. The van der Waals surface area contributed by atoms with Gasteiger partial charge in [0.2, 0.25) is 0 Å². The summed E-state index contributed by atoms with van der Waals surface area (Å²) in [4.78, 5) is 16.4. The Labute approximate surface area is 185 Å². The van der Waals surface area contributed by atoms with Gasteiger partial charge in [-0.3, -0.25) is 0 Å². The molecular formula is C19H13Cl2N4OSW-. The van der Waals surface area contributed by atoms with Gasteiger partial charge >= 0.3 is 187 Å². The molecule has 142 valence electrons. The van der Waals surface area contributed by atoms with Crippen molar-refractivity contribution in [3.8, 4) is 22.6 Å². The van der Waals surface area contributed by atoms with Crippen LogP contribution in [0.1, 0.15) is 5.82 Å². The fourth-order valence-corrected chi connectivity index (χ4v) is 3.79. The van der Waals surface area contributed by atoms with E-state index in [4.69, 9.17) is 34.8 Å². The number of halogens is 2. The van der Waals surface area contributed by atoms with Crippen LogP contribution in [0.3, 0.4) is 0 Å². The second kappa shape index (κ2) is 9.18. The van der Waals surface area contributed by atoms with Gasteiger partial charge in [-0.1, -0.05) is 0 Å². The summed E-state index contributed by atoms with van der Waals surface area (Å²) in [6.07, 6.45) is 3.09. The van der Waals surface area contributed by atoms with Gasteiger partial charge in [0.25, 0.3) is 0 Å². The molecule has 0 bridgehead atoms. The molecule has 0 aliphatic rings. The van der Waals surface area contributed by atoms with E-state index in [2.05, 4.69) is 15.0 Å². The summed E-state index contributed by atoms with van der Waals surface area (Å²) in [5.41, 5.74) is 3.10. The number of H-pyrrole nitrogens is 1. The van der Waals surface area contributed by atoms with Crippen LogP contribution in [0.2, 0.25) is 0 Å². The van der Waals surface area contributed by atoms with Crippen LogP contribution in [0.4, 0.5) is 0 Å². The first-order valence-electron chi connectivity index (χ1n) is 7.88. The summed E-state index contributed by atoms with van der Waals surface area (Å²) in [6.45, 7) is 5.85. The molecule has 2 aromatic heterocycles. The molecule has 0 radical (unpaired) electrons. The van der Waals surface area contributed by atoms with E-state index in [1.165, 1.54) is 6.26 Å². The quantitative estimate of drug-likeness (QED) is 0.263. The average molecular weight is 600 g/mol. The van der Waals surface area contributed by atoms with Crippen molar-refractivity contribution in [1.82, 2.24) is 19.9 Å². The molecule has 3 aromatic rings. The van der Waals surface area contributed by atoms with Crippen molar-refractivity contribution in [2.75, 3.05) is 6.26 Å². The second-order valence-corrected chi connectivity index (χ2v) is 8.48. The predicted octanol–water partition coefficient (Wildman–Crippen LogP) is 4.13. The van der Waals surface area contributed by atoms with Gasteiger partial charge in [0.1, 0.15) is 0 Å². The topological polar surface area (TPSA) is 71.5 Å². The summed E-state index contributed by atoms with van der Waals surface area (Å²) in [6, 6.07) is 11.3. The predicted molar refractivity (Wildman–Crippen MR) is 110 cm³/mol. The van der Waals surface area contributed by atoms with Crippen LogP contribution in [-0.4, -0.2) is 34.8 Å². The molecule has 0 saturated heterocycles. The molecule has 28 heavy (non-hydrogen) atoms. The van der Waals surface area contributed by atoms with Crippen LogP contribution in [0, 0.1) is 6.58 Å². The molecule has 1 unspecified atom stereocenters. The van der Waals surface area contributed by atoms with E-state index in [1.807, 2.05) is 30.3 Å². The van der Waals surface area contributed by atoms with E-state index in [-0.39, 0.29) is 10.2 Å². The molecule has 0 fully saturated rings. The normalized spacial score (nSPS) is 13.0. The summed E-state index contributed by atoms with van der Waals surface area (Å²) >= 11 is 13.6. The van der Waals surface area contributed by atoms with Gasteiger partial charge in [-0.25, -0.2) is 0 Å². The van der Waals surface area contributed by atoms with Crippen LogP contribution < -0.4 is 0 Å². The van der Waals surface area contributed by atoms with Crippen LogP contribution in [0.5, 0.6) is 0 Å². The van der Waals surface area contributed by atoms with Crippen LogP contribution >= 0.6 is 23.2 Å². The SMILES string of the molecule is [CH-]=C(Cl)/C(=C(/Cl)[CH]=[W])c1nc(-c2ccccc2)c(-c2ccnc(S(C)=O)n2)[nH]1. The van der Waals surface area contributed by atoms with E-state index in [0.29, 0.717) is 33.5 Å². The summed E-state index contributed by atoms with van der Waals surface area (Å²) < 4.78 is 13.6. The molecule has 1 aromatic carbocycles. The first kappa shape index (κ1) is 21.0. The molecule has 1 atom stereocenters. The van der Waals surface area contributed by atoms with Gasteiger partial charge in [-0.05, 0) is 0 Å². The van der Waals surface area contributed by atoms with Crippen molar-refractivity contribution in [3.05, 3.63) is 65.1 Å². The van der Waals surface area contributed by atoms with Gasteiger partial charge in [-0.2, -0.15) is 0 Å². The third-order valence-corrected chi connectivity index (χ3v) is 6.28. The molecule has 0 saturated carbocycles. The van der Waals surface area contributed by atoms with Crippen LogP contribution in [0.25, 0.3) is 28.2 Å². The Kier molecular flexibility index (Phi) is 6.89. The number of allylic oxidation sites excluding steroid dienone is 3. The fraction of sp³-hybridized carbons (Fsp3) is 0.0526. The van der Waals surface area contributed by atoms with Gasteiger partial charge < -0.3 is 0 Å². The molecule has 1 N–H and O–H groups in total. The number of nitrogens with one attached hydrogen (secondary N) is 1. The molecule has 3 rings (SSSR count). The Morgan fingerprint density at radius 2 is 1.93 bits per heavy atom. The third-order valence-electron chi connectivity index (χ3n) is 3.72. The van der Waals surface area contributed by atoms with E-state index in [0.717, 1.165) is 24.9 Å². The molecule has 9 heteroatoms. The van der Waals surface area contributed by atoms with Gasteiger partial charge in [0.15, 0.2) is 0 Å². The van der Waals surface area contributed by atoms with E-state index < -0.39 is 10.8 Å². The van der Waals surface area contributed by atoms with Crippen molar-refractivity contribution in [2.24, 2.45) is 0 Å². The molecule has 0 aliphatic heterocycles. The molecule has 0 amide bonds. The molecule has 0 spiro atoms. The van der Waals surface area contributed by atoms with E-state index >= 15 is 0 Å². The van der Waals surface area contributed by atoms with Crippen molar-refractivity contribution in [1.29, 1.82) is 0 Å². The number of imidazole rings is 1. The van der Waals surface area contributed by atoms with Gasteiger partial charge in [0.05, 0.1) is 0 Å². The van der Waals surface area contributed by atoms with Crippen molar-refractivity contribution in [3.63, 3.8) is 0 Å². The number of aromatic amines is 1. The number of nitrogens with zero attached hydrogens (tertiary/aromatic N) is 3. The fourth-order valence-electron chi connectivity index (χ4n) is 2.50. The molecule has 5 nitrogen and oxygen atoms in total. The van der Waals surface area contributed by atoms with Crippen LogP contribution in [0.15, 0.2) is 57.8 Å². The Balaban J connectivity index is 2.28. The molecular weight excluding hydrogens is 587 g/mol. The zero-order valence-electron chi connectivity index (χ0n) is 14.5. The second-order valence-electron chi connectivity index (χ2n) is 5.54. The van der Waals surface area contributed by atoms with Crippen LogP contribution in [-0.2, 0) is 30.2 Å². The number of hydrogen-bond donors (Lipinski definition) is 1. The average Bonchev–Trinajstić information content (AvgIpc) is 3.13. The van der Waals surface area contributed by atoms with Crippen molar-refractivity contribution in [2.45, 2.75) is 5.16 Å². The Bertz CT molecular complexity index is 1110. The first-order chi connectivity index (χ1) is 13.4. The summed E-state index contributed by atoms with van der Waals surface area (Å²) in [7, 11) is -1.32. The van der Waals surface area contributed by atoms with E-state index in [9.17, 15) is 4.21 Å². The number of aromatic nitrogens is 4. The van der Waals surface area contributed by atoms with E-state index in [1.54, 1.807) is 16.7 Å². The van der Waals surface area contributed by atoms with Gasteiger partial charge in [0, 0.05) is 0 Å². The Morgan fingerprint density at radius 3 is 2.54 bits per heavy atom. The zero-order valence-corrected chi connectivity index (χ0v) is 19.8. The number of benzene rings is 1.